The van der Waals surface area contributed by atoms with E-state index in [0.717, 1.165) is 24.0 Å². The van der Waals surface area contributed by atoms with E-state index in [4.69, 9.17) is 0 Å². The van der Waals surface area contributed by atoms with Crippen molar-refractivity contribution < 1.29 is 4.79 Å². The molecule has 3 heteroatoms. The van der Waals surface area contributed by atoms with Gasteiger partial charge >= 0.3 is 0 Å². The van der Waals surface area contributed by atoms with Gasteiger partial charge in [0.2, 0.25) is 5.91 Å². The van der Waals surface area contributed by atoms with Gasteiger partial charge in [-0.25, -0.2) is 0 Å². The highest BCUT2D eigenvalue weighted by Crippen LogP contribution is 2.14. The summed E-state index contributed by atoms with van der Waals surface area (Å²) < 4.78 is 0. The number of hydrogen-bond donors (Lipinski definition) is 1. The third-order valence-electron chi connectivity index (χ3n) is 4.33. The molecule has 2 aromatic rings. The number of carbonyl (C=O) groups is 1. The Morgan fingerprint density at radius 3 is 2.28 bits per heavy atom. The van der Waals surface area contributed by atoms with Crippen molar-refractivity contribution in [3.8, 4) is 0 Å². The highest BCUT2D eigenvalue weighted by atomic mass is 16.1. The second-order valence-electron chi connectivity index (χ2n) is 6.73. The van der Waals surface area contributed by atoms with Gasteiger partial charge in [-0.05, 0) is 42.4 Å². The van der Waals surface area contributed by atoms with Crippen LogP contribution in [0.2, 0.25) is 0 Å². The predicted octanol–water partition coefficient (Wildman–Crippen LogP) is 4.20. The molecule has 0 aliphatic heterocycles. The van der Waals surface area contributed by atoms with Gasteiger partial charge < -0.3 is 5.32 Å². The number of rotatable bonds is 8. The zero-order valence-corrected chi connectivity index (χ0v) is 15.5. The van der Waals surface area contributed by atoms with Crippen molar-refractivity contribution >= 4 is 11.6 Å². The fraction of sp³-hybridized carbons (Fsp3) is 0.364. The van der Waals surface area contributed by atoms with Gasteiger partial charge in [0.15, 0.2) is 0 Å². The average Bonchev–Trinajstić information content (AvgIpc) is 2.62. The Balaban J connectivity index is 1.80. The van der Waals surface area contributed by atoms with Crippen LogP contribution in [-0.4, -0.2) is 18.7 Å². The Bertz CT molecular complexity index is 690. The number of carbonyl (C=O) groups excluding carboxylic acids is 1. The monoisotopic (exact) mass is 336 g/mol. The predicted molar refractivity (Wildman–Crippen MR) is 105 cm³/mol. The molecular weight excluding hydrogens is 308 g/mol. The standard InChI is InChI=1S/C22H28N2O/c1-17(13-18(2)23-3)14-19-9-11-20(12-10-19)15-22(25)24-16-21-7-5-4-6-8-21/h4-12,17H,13-16H2,1-3H3,(H,24,25). The third-order valence-corrected chi connectivity index (χ3v) is 4.33. The minimum absolute atomic E-state index is 0.0553. The maximum Gasteiger partial charge on any atom is 0.224 e. The maximum atomic E-state index is 12.1. The fourth-order valence-electron chi connectivity index (χ4n) is 2.91. The first-order chi connectivity index (χ1) is 12.1. The van der Waals surface area contributed by atoms with E-state index in [1.807, 2.05) is 37.4 Å². The number of nitrogens with zero attached hydrogens (tertiary/aromatic N) is 1. The largest absolute Gasteiger partial charge is 0.352 e. The molecule has 1 atom stereocenters. The van der Waals surface area contributed by atoms with Gasteiger partial charge in [-0.2, -0.15) is 0 Å². The molecule has 3 nitrogen and oxygen atoms in total. The number of amides is 1. The molecule has 1 unspecified atom stereocenters. The second kappa shape index (κ2) is 9.77. The van der Waals surface area contributed by atoms with Gasteiger partial charge in [-0.15, -0.1) is 0 Å². The molecule has 0 fully saturated rings. The van der Waals surface area contributed by atoms with Crippen LogP contribution in [0.25, 0.3) is 0 Å². The summed E-state index contributed by atoms with van der Waals surface area (Å²) in [6.45, 7) is 4.90. The van der Waals surface area contributed by atoms with E-state index in [2.05, 4.69) is 48.4 Å². The molecule has 0 saturated heterocycles. The molecule has 0 aliphatic rings. The molecule has 0 aliphatic carbocycles. The molecule has 0 radical (unpaired) electrons. The fourth-order valence-corrected chi connectivity index (χ4v) is 2.91. The summed E-state index contributed by atoms with van der Waals surface area (Å²) in [5.41, 5.74) is 4.67. The molecule has 132 valence electrons. The Kier molecular flexibility index (Phi) is 7.39. The Labute approximate surface area is 151 Å². The van der Waals surface area contributed by atoms with E-state index in [0.29, 0.717) is 18.9 Å². The lowest BCUT2D eigenvalue weighted by Crippen LogP contribution is -2.24. The van der Waals surface area contributed by atoms with Crippen LogP contribution in [0.3, 0.4) is 0 Å². The molecule has 0 bridgehead atoms. The first-order valence-electron chi connectivity index (χ1n) is 8.87. The van der Waals surface area contributed by atoms with Gasteiger partial charge in [0.05, 0.1) is 6.42 Å². The van der Waals surface area contributed by atoms with Crippen molar-refractivity contribution in [3.05, 3.63) is 71.3 Å². The van der Waals surface area contributed by atoms with E-state index in [1.54, 1.807) is 0 Å². The Morgan fingerprint density at radius 2 is 1.64 bits per heavy atom. The van der Waals surface area contributed by atoms with Crippen molar-refractivity contribution in [1.82, 2.24) is 5.32 Å². The molecular formula is C22H28N2O. The maximum absolute atomic E-state index is 12.1. The summed E-state index contributed by atoms with van der Waals surface area (Å²) in [4.78, 5) is 16.3. The summed E-state index contributed by atoms with van der Waals surface area (Å²) in [6, 6.07) is 18.4. The summed E-state index contributed by atoms with van der Waals surface area (Å²) in [6.07, 6.45) is 2.48. The molecule has 2 aromatic carbocycles. The van der Waals surface area contributed by atoms with Crippen LogP contribution in [0.5, 0.6) is 0 Å². The molecule has 0 heterocycles. The van der Waals surface area contributed by atoms with Crippen molar-refractivity contribution in [2.75, 3.05) is 7.05 Å². The molecule has 1 amide bonds. The smallest absolute Gasteiger partial charge is 0.224 e. The zero-order chi connectivity index (χ0) is 18.1. The van der Waals surface area contributed by atoms with E-state index >= 15 is 0 Å². The van der Waals surface area contributed by atoms with Crippen LogP contribution in [-0.2, 0) is 24.2 Å². The highest BCUT2D eigenvalue weighted by Gasteiger charge is 2.07. The van der Waals surface area contributed by atoms with Crippen LogP contribution < -0.4 is 5.32 Å². The SMILES string of the molecule is CN=C(C)CC(C)Cc1ccc(CC(=O)NCc2ccccc2)cc1. The second-order valence-corrected chi connectivity index (χ2v) is 6.73. The molecule has 0 saturated carbocycles. The topological polar surface area (TPSA) is 41.5 Å². The first-order valence-corrected chi connectivity index (χ1v) is 8.87. The van der Waals surface area contributed by atoms with Crippen LogP contribution in [0.4, 0.5) is 0 Å². The van der Waals surface area contributed by atoms with Gasteiger partial charge in [0, 0.05) is 19.3 Å². The van der Waals surface area contributed by atoms with E-state index in [-0.39, 0.29) is 5.91 Å². The third kappa shape index (κ3) is 6.92. The normalized spacial score (nSPS) is 12.7. The summed E-state index contributed by atoms with van der Waals surface area (Å²) in [7, 11) is 1.85. The Hall–Kier alpha value is -2.42. The van der Waals surface area contributed by atoms with Crippen molar-refractivity contribution in [2.24, 2.45) is 10.9 Å². The van der Waals surface area contributed by atoms with E-state index < -0.39 is 0 Å². The number of benzene rings is 2. The van der Waals surface area contributed by atoms with E-state index in [1.165, 1.54) is 11.3 Å². The Morgan fingerprint density at radius 1 is 1.00 bits per heavy atom. The van der Waals surface area contributed by atoms with Gasteiger partial charge in [-0.1, -0.05) is 61.5 Å². The lowest BCUT2D eigenvalue weighted by Gasteiger charge is -2.11. The quantitative estimate of drug-likeness (QED) is 0.721. The summed E-state index contributed by atoms with van der Waals surface area (Å²) >= 11 is 0. The number of nitrogens with one attached hydrogen (secondary N) is 1. The van der Waals surface area contributed by atoms with Crippen LogP contribution >= 0.6 is 0 Å². The van der Waals surface area contributed by atoms with Crippen molar-refractivity contribution in [3.63, 3.8) is 0 Å². The van der Waals surface area contributed by atoms with Crippen LogP contribution in [0.1, 0.15) is 37.0 Å². The minimum Gasteiger partial charge on any atom is -0.352 e. The van der Waals surface area contributed by atoms with Gasteiger partial charge in [-0.3, -0.25) is 9.79 Å². The molecule has 1 N–H and O–H groups in total. The summed E-state index contributed by atoms with van der Waals surface area (Å²) in [5.74, 6) is 0.628. The first kappa shape index (κ1) is 18.9. The van der Waals surface area contributed by atoms with Crippen molar-refractivity contribution in [1.29, 1.82) is 0 Å². The zero-order valence-electron chi connectivity index (χ0n) is 15.5. The molecule has 0 aromatic heterocycles. The van der Waals surface area contributed by atoms with Crippen LogP contribution in [0.15, 0.2) is 59.6 Å². The van der Waals surface area contributed by atoms with E-state index in [9.17, 15) is 4.79 Å². The van der Waals surface area contributed by atoms with Crippen molar-refractivity contribution in [2.45, 2.75) is 39.7 Å². The van der Waals surface area contributed by atoms with Gasteiger partial charge in [0.1, 0.15) is 0 Å². The lowest BCUT2D eigenvalue weighted by molar-refractivity contribution is -0.120. The minimum atomic E-state index is 0.0553. The lowest BCUT2D eigenvalue weighted by atomic mass is 9.95. The number of aliphatic imine (C=N–C) groups is 1. The highest BCUT2D eigenvalue weighted by molar-refractivity contribution is 5.81. The van der Waals surface area contributed by atoms with Crippen LogP contribution in [0, 0.1) is 5.92 Å². The molecule has 25 heavy (non-hydrogen) atoms. The summed E-state index contributed by atoms with van der Waals surface area (Å²) in [5, 5.41) is 2.97. The number of hydrogen-bond acceptors (Lipinski definition) is 2. The molecule has 2 rings (SSSR count). The average molecular weight is 336 g/mol. The van der Waals surface area contributed by atoms with Gasteiger partial charge in [0.25, 0.3) is 0 Å². The molecule has 0 spiro atoms.